The molecule has 0 rings (SSSR count). The number of esters is 1. The van der Waals surface area contributed by atoms with Crippen LogP contribution in [0.3, 0.4) is 0 Å². The maximum atomic E-state index is 12.6. The van der Waals surface area contributed by atoms with Crippen molar-refractivity contribution in [3.8, 4) is 0 Å². The Labute approximate surface area is 321 Å². The molecule has 308 valence electrons. The van der Waals surface area contributed by atoms with Crippen LogP contribution in [0.25, 0.3) is 0 Å². The summed E-state index contributed by atoms with van der Waals surface area (Å²) in [6.07, 6.45) is 45.7. The topological polar surface area (TPSA) is 117 Å². The molecule has 0 radical (unpaired) electrons. The highest BCUT2D eigenvalue weighted by Gasteiger charge is 2.25. The minimum atomic E-state index is -4.29. The van der Waals surface area contributed by atoms with Gasteiger partial charge in [0, 0.05) is 13.0 Å². The van der Waals surface area contributed by atoms with E-state index in [1.54, 1.807) is 6.26 Å². The van der Waals surface area contributed by atoms with E-state index in [0.29, 0.717) is 6.42 Å². The van der Waals surface area contributed by atoms with Gasteiger partial charge < -0.3 is 20.1 Å². The summed E-state index contributed by atoms with van der Waals surface area (Å²) >= 11 is 0. The van der Waals surface area contributed by atoms with Crippen LogP contribution in [0.4, 0.5) is 0 Å². The monoisotopic (exact) mass is 758 g/mol. The summed E-state index contributed by atoms with van der Waals surface area (Å²) in [6.45, 7) is 4.26. The van der Waals surface area contributed by atoms with Gasteiger partial charge in [-0.1, -0.05) is 174 Å². The number of phosphoric ester groups is 1. The van der Waals surface area contributed by atoms with Gasteiger partial charge in [-0.25, -0.2) is 4.57 Å². The second-order valence-electron chi connectivity index (χ2n) is 14.6. The number of hydrogen-bond acceptors (Lipinski definition) is 7. The first kappa shape index (κ1) is 50.8. The van der Waals surface area contributed by atoms with Gasteiger partial charge in [0.05, 0.1) is 19.5 Å². The van der Waals surface area contributed by atoms with Gasteiger partial charge in [-0.3, -0.25) is 13.8 Å². The number of unbranched alkanes of at least 4 members (excludes halogenated alkanes) is 27. The van der Waals surface area contributed by atoms with Crippen LogP contribution in [-0.2, 0) is 27.9 Å². The van der Waals surface area contributed by atoms with Crippen LogP contribution in [0.15, 0.2) is 24.5 Å². The van der Waals surface area contributed by atoms with Crippen molar-refractivity contribution in [2.24, 2.45) is 5.73 Å². The lowest BCUT2D eigenvalue weighted by Gasteiger charge is -2.19. The van der Waals surface area contributed by atoms with Crippen LogP contribution in [0.5, 0.6) is 0 Å². The normalized spacial score (nSPS) is 13.6. The molecule has 0 amide bonds. The summed E-state index contributed by atoms with van der Waals surface area (Å²) in [7, 11) is -4.29. The zero-order chi connectivity index (χ0) is 38.1. The zero-order valence-electron chi connectivity index (χ0n) is 34.1. The number of phosphoric acid groups is 1. The fourth-order valence-electron chi connectivity index (χ4n) is 6.19. The number of rotatable bonds is 42. The third-order valence-corrected chi connectivity index (χ3v) is 10.4. The van der Waals surface area contributed by atoms with Crippen LogP contribution in [0.2, 0.25) is 0 Å². The summed E-state index contributed by atoms with van der Waals surface area (Å²) < 4.78 is 33.2. The number of ether oxygens (including phenoxy) is 2. The average molecular weight is 758 g/mol. The van der Waals surface area contributed by atoms with Crippen molar-refractivity contribution in [1.29, 1.82) is 0 Å². The molecule has 0 aromatic rings. The van der Waals surface area contributed by atoms with Gasteiger partial charge in [0.15, 0.2) is 6.10 Å². The molecule has 3 N–H and O–H groups in total. The van der Waals surface area contributed by atoms with Crippen molar-refractivity contribution in [3.05, 3.63) is 24.5 Å². The lowest BCUT2D eigenvalue weighted by Crippen LogP contribution is -2.27. The maximum Gasteiger partial charge on any atom is 0.472 e. The fraction of sp³-hybridized carbons (Fsp3) is 0.884. The molecule has 0 bridgehead atoms. The minimum Gasteiger partial charge on any atom is -0.498 e. The second-order valence-corrected chi connectivity index (χ2v) is 16.1. The number of carbonyl (C=O) groups excluding carboxylic acids is 1. The second kappa shape index (κ2) is 41.0. The molecule has 0 fully saturated rings. The van der Waals surface area contributed by atoms with Crippen molar-refractivity contribution in [1.82, 2.24) is 0 Å². The third-order valence-electron chi connectivity index (χ3n) is 9.44. The molecule has 8 nitrogen and oxygen atoms in total. The number of allylic oxidation sites excluding steroid dienone is 3. The van der Waals surface area contributed by atoms with Crippen molar-refractivity contribution in [2.45, 2.75) is 219 Å². The number of hydrogen-bond donors (Lipinski definition) is 2. The van der Waals surface area contributed by atoms with Crippen molar-refractivity contribution < 1.29 is 32.8 Å². The molecular weight excluding hydrogens is 673 g/mol. The van der Waals surface area contributed by atoms with Gasteiger partial charge in [-0.2, -0.15) is 0 Å². The third kappa shape index (κ3) is 40.0. The van der Waals surface area contributed by atoms with Crippen LogP contribution in [0, 0.1) is 0 Å². The van der Waals surface area contributed by atoms with E-state index < -0.39 is 13.9 Å². The Morgan fingerprint density at radius 3 is 1.42 bits per heavy atom. The largest absolute Gasteiger partial charge is 0.498 e. The first-order chi connectivity index (χ1) is 25.4. The maximum absolute atomic E-state index is 12.6. The predicted molar refractivity (Wildman–Crippen MR) is 219 cm³/mol. The van der Waals surface area contributed by atoms with E-state index in [-0.39, 0.29) is 32.3 Å². The molecule has 9 heteroatoms. The molecule has 0 aliphatic rings. The minimum absolute atomic E-state index is 0.0348. The lowest BCUT2D eigenvalue weighted by molar-refractivity contribution is -0.153. The highest BCUT2D eigenvalue weighted by Crippen LogP contribution is 2.43. The molecule has 2 unspecified atom stereocenters. The lowest BCUT2D eigenvalue weighted by atomic mass is 10.0. The van der Waals surface area contributed by atoms with E-state index in [4.69, 9.17) is 24.3 Å². The van der Waals surface area contributed by atoms with E-state index in [9.17, 15) is 14.3 Å². The van der Waals surface area contributed by atoms with Crippen molar-refractivity contribution in [3.63, 3.8) is 0 Å². The Bertz CT molecular complexity index is 853. The van der Waals surface area contributed by atoms with E-state index in [2.05, 4.69) is 26.0 Å². The summed E-state index contributed by atoms with van der Waals surface area (Å²) in [5, 5.41) is 0. The van der Waals surface area contributed by atoms with Gasteiger partial charge in [0.25, 0.3) is 0 Å². The zero-order valence-corrected chi connectivity index (χ0v) is 35.0. The molecule has 0 saturated carbocycles. The van der Waals surface area contributed by atoms with Crippen LogP contribution < -0.4 is 5.73 Å². The first-order valence-electron chi connectivity index (χ1n) is 21.9. The Morgan fingerprint density at radius 1 is 0.577 bits per heavy atom. The summed E-state index contributed by atoms with van der Waals surface area (Å²) in [5.74, 6) is -0.352. The van der Waals surface area contributed by atoms with Gasteiger partial charge in [-0.15, -0.1) is 0 Å². The molecule has 0 aliphatic carbocycles. The summed E-state index contributed by atoms with van der Waals surface area (Å²) in [4.78, 5) is 22.4. The number of carbonyl (C=O) groups is 1. The highest BCUT2D eigenvalue weighted by molar-refractivity contribution is 7.47. The van der Waals surface area contributed by atoms with Gasteiger partial charge >= 0.3 is 13.8 Å². The quantitative estimate of drug-likeness (QED) is 0.0208. The standard InChI is InChI=1S/C43H84NO7P/c1-3-5-7-9-11-13-15-17-19-20-21-22-23-24-26-28-30-32-34-36-43(45)51-42(41-50-52(46,47)49-39-37-44)40-48-38-35-33-31-29-27-25-18-16-14-12-10-8-6-4-2/h17,19,35,38,42H,3-16,18,20-34,36-37,39-41,44H2,1-2H3,(H,46,47). The van der Waals surface area contributed by atoms with Gasteiger partial charge in [-0.05, 0) is 51.0 Å². The van der Waals surface area contributed by atoms with Crippen LogP contribution >= 0.6 is 7.82 Å². The Hall–Kier alpha value is -1.18. The van der Waals surface area contributed by atoms with Crippen molar-refractivity contribution >= 4 is 13.8 Å². The molecule has 0 aliphatic heterocycles. The van der Waals surface area contributed by atoms with Crippen LogP contribution in [0.1, 0.15) is 213 Å². The average Bonchev–Trinajstić information content (AvgIpc) is 3.13. The van der Waals surface area contributed by atoms with Crippen molar-refractivity contribution in [2.75, 3.05) is 26.4 Å². The molecule has 0 aromatic heterocycles. The first-order valence-corrected chi connectivity index (χ1v) is 23.4. The Balaban J connectivity index is 4.04. The van der Waals surface area contributed by atoms with E-state index in [0.717, 1.165) is 32.1 Å². The molecule has 0 spiro atoms. The van der Waals surface area contributed by atoms with E-state index in [1.165, 1.54) is 161 Å². The smallest absolute Gasteiger partial charge is 0.472 e. The van der Waals surface area contributed by atoms with E-state index in [1.807, 2.05) is 6.08 Å². The highest BCUT2D eigenvalue weighted by atomic mass is 31.2. The SMILES string of the molecule is CCCCCCCCC=CCCCCCCCCCCCC(=O)OC(COC=CCCCCCCCCCCCCCC)COP(=O)(O)OCCN. The van der Waals surface area contributed by atoms with Gasteiger partial charge in [0.1, 0.15) is 6.61 Å². The van der Waals surface area contributed by atoms with Gasteiger partial charge in [0.2, 0.25) is 0 Å². The fourth-order valence-corrected chi connectivity index (χ4v) is 6.96. The molecule has 0 aromatic carbocycles. The molecule has 52 heavy (non-hydrogen) atoms. The van der Waals surface area contributed by atoms with E-state index >= 15 is 0 Å². The summed E-state index contributed by atoms with van der Waals surface area (Å²) in [5.41, 5.74) is 5.36. The Morgan fingerprint density at radius 2 is 0.981 bits per heavy atom. The molecule has 2 atom stereocenters. The summed E-state index contributed by atoms with van der Waals surface area (Å²) in [6, 6.07) is 0. The molecular formula is C43H84NO7P. The number of nitrogens with two attached hydrogens (primary N) is 1. The Kier molecular flexibility index (Phi) is 40.1. The van der Waals surface area contributed by atoms with Crippen LogP contribution in [-0.4, -0.2) is 43.3 Å². The molecule has 0 saturated heterocycles. The predicted octanol–water partition coefficient (Wildman–Crippen LogP) is 13.2. The molecule has 0 heterocycles.